The van der Waals surface area contributed by atoms with Gasteiger partial charge in [0.15, 0.2) is 0 Å². The number of benzene rings is 6. The SMILES string of the molecule is CC(C)(C)c1cc(Oc2[c-]c3c(cc2)c2ccccc2n3-c2cc(C3(c4ccccc4)CCCCC3)ccn2)[c-]c(N2[CH-]N(c3c(C(C)(C)C)cccc3C(C)(C)C)c3ccccc32)c1.[Pt]. The van der Waals surface area contributed by atoms with Gasteiger partial charge in [-0.15, -0.1) is 53.6 Å². The van der Waals surface area contributed by atoms with Gasteiger partial charge in [0.1, 0.15) is 5.82 Å². The van der Waals surface area contributed by atoms with Crippen molar-refractivity contribution in [3.05, 3.63) is 186 Å². The molecule has 1 fully saturated rings. The van der Waals surface area contributed by atoms with E-state index in [4.69, 9.17) is 9.72 Å². The number of rotatable bonds is 7. The van der Waals surface area contributed by atoms with Gasteiger partial charge in [-0.2, -0.15) is 6.07 Å². The quantitative estimate of drug-likeness (QED) is 0.149. The van der Waals surface area contributed by atoms with Crippen molar-refractivity contribution in [1.82, 2.24) is 9.55 Å². The fraction of sp³-hybridized carbons (Fsp3) is 0.300. The molecule has 1 saturated carbocycles. The van der Waals surface area contributed by atoms with Crippen molar-refractivity contribution in [2.24, 2.45) is 0 Å². The van der Waals surface area contributed by atoms with Crippen molar-refractivity contribution in [3.63, 3.8) is 0 Å². The van der Waals surface area contributed by atoms with Crippen LogP contribution in [-0.2, 0) is 42.7 Å². The Morgan fingerprint density at radius 3 is 1.91 bits per heavy atom. The molecule has 6 heteroatoms. The molecular formula is C60H61N4OPt-3. The van der Waals surface area contributed by atoms with Crippen molar-refractivity contribution in [3.8, 4) is 17.3 Å². The molecule has 2 aliphatic rings. The third-order valence-corrected chi connectivity index (χ3v) is 13.8. The van der Waals surface area contributed by atoms with Crippen LogP contribution < -0.4 is 14.5 Å². The van der Waals surface area contributed by atoms with Crippen LogP contribution in [0.15, 0.2) is 140 Å². The zero-order chi connectivity index (χ0) is 45.3. The number of anilines is 4. The Kier molecular flexibility index (Phi) is 11.9. The van der Waals surface area contributed by atoms with Gasteiger partial charge in [-0.1, -0.05) is 166 Å². The van der Waals surface area contributed by atoms with Gasteiger partial charge in [-0.3, -0.25) is 0 Å². The summed E-state index contributed by atoms with van der Waals surface area (Å²) in [5.74, 6) is 2.16. The molecule has 0 N–H and O–H groups in total. The first-order valence-electron chi connectivity index (χ1n) is 23.5. The largest absolute Gasteiger partial charge is 0.509 e. The predicted octanol–water partition coefficient (Wildman–Crippen LogP) is 16.1. The van der Waals surface area contributed by atoms with Gasteiger partial charge in [0.25, 0.3) is 0 Å². The minimum atomic E-state index is -0.161. The Bertz CT molecular complexity index is 3020. The molecule has 1 aliphatic heterocycles. The Labute approximate surface area is 407 Å². The van der Waals surface area contributed by atoms with Crippen molar-refractivity contribution in [1.29, 1.82) is 0 Å². The number of hydrogen-bond acceptors (Lipinski definition) is 4. The maximum absolute atomic E-state index is 6.93. The molecule has 8 aromatic rings. The van der Waals surface area contributed by atoms with Crippen LogP contribution in [0.4, 0.5) is 22.7 Å². The first kappa shape index (κ1) is 45.5. The summed E-state index contributed by atoms with van der Waals surface area (Å²) in [6, 6.07) is 55.9. The number of aromatic nitrogens is 2. The number of nitrogens with zero attached hydrogens (tertiary/aromatic N) is 4. The normalized spacial score (nSPS) is 15.2. The monoisotopic (exact) mass is 1050 g/mol. The second kappa shape index (κ2) is 17.2. The molecule has 0 atom stereocenters. The first-order chi connectivity index (χ1) is 31.1. The van der Waals surface area contributed by atoms with Gasteiger partial charge in [-0.05, 0) is 87.1 Å². The smallest absolute Gasteiger partial charge is 0.135 e. The Morgan fingerprint density at radius 1 is 0.576 bits per heavy atom. The van der Waals surface area contributed by atoms with E-state index in [2.05, 4.69) is 223 Å². The summed E-state index contributed by atoms with van der Waals surface area (Å²) in [5, 5.41) is 2.27. The van der Waals surface area contributed by atoms with E-state index in [0.717, 1.165) is 63.1 Å². The van der Waals surface area contributed by atoms with E-state index in [-0.39, 0.29) is 42.7 Å². The molecule has 0 radical (unpaired) electrons. The molecule has 66 heavy (non-hydrogen) atoms. The van der Waals surface area contributed by atoms with Crippen LogP contribution in [0.25, 0.3) is 27.6 Å². The molecule has 2 aromatic heterocycles. The Morgan fingerprint density at radius 2 is 1.23 bits per heavy atom. The number of para-hydroxylation sites is 4. The molecule has 0 amide bonds. The number of pyridine rings is 1. The third-order valence-electron chi connectivity index (χ3n) is 13.8. The molecule has 340 valence electrons. The van der Waals surface area contributed by atoms with Crippen molar-refractivity contribution >= 4 is 44.6 Å². The Balaban J connectivity index is 0.00000548. The van der Waals surface area contributed by atoms with Crippen LogP contribution >= 0.6 is 0 Å². The average molecular weight is 1050 g/mol. The van der Waals surface area contributed by atoms with Crippen LogP contribution in [-0.4, -0.2) is 9.55 Å². The summed E-state index contributed by atoms with van der Waals surface area (Å²) in [6.07, 6.45) is 7.97. The van der Waals surface area contributed by atoms with Gasteiger partial charge in [0.2, 0.25) is 0 Å². The molecule has 6 aromatic carbocycles. The van der Waals surface area contributed by atoms with Crippen LogP contribution in [0, 0.1) is 18.8 Å². The molecule has 5 nitrogen and oxygen atoms in total. The fourth-order valence-electron chi connectivity index (χ4n) is 10.4. The van der Waals surface area contributed by atoms with E-state index < -0.39 is 0 Å². The number of fused-ring (bicyclic) bond motifs is 4. The zero-order valence-electron chi connectivity index (χ0n) is 39.9. The van der Waals surface area contributed by atoms with E-state index in [0.29, 0.717) is 11.5 Å². The Hall–Kier alpha value is -5.64. The average Bonchev–Trinajstić information content (AvgIpc) is 3.84. The zero-order valence-corrected chi connectivity index (χ0v) is 42.2. The van der Waals surface area contributed by atoms with Crippen LogP contribution in [0.5, 0.6) is 11.5 Å². The van der Waals surface area contributed by atoms with Crippen molar-refractivity contribution in [2.45, 2.75) is 116 Å². The molecule has 0 saturated heterocycles. The van der Waals surface area contributed by atoms with Crippen LogP contribution in [0.3, 0.4) is 0 Å². The minimum absolute atomic E-state index is 0. The maximum Gasteiger partial charge on any atom is 0.135 e. The molecule has 0 bridgehead atoms. The summed E-state index contributed by atoms with van der Waals surface area (Å²) in [5.41, 5.74) is 12.5. The van der Waals surface area contributed by atoms with Gasteiger partial charge in [0, 0.05) is 66.8 Å². The molecule has 0 unspecified atom stereocenters. The van der Waals surface area contributed by atoms with Crippen molar-refractivity contribution in [2.75, 3.05) is 9.80 Å². The van der Waals surface area contributed by atoms with Gasteiger partial charge in [-0.25, -0.2) is 4.98 Å². The number of hydrogen-bond donors (Lipinski definition) is 0. The standard InChI is InChI=1S/C60H61N4O.Pt/c1-57(2,3)43-35-44(62-40-63(53-28-17-16-27-52(53)62)56-49(58(4,5)6)24-20-25-50(56)59(7,8)9)38-46(36-43)65-45-29-30-48-47-23-14-15-26-51(47)64(54(48)39-45)55-37-42(31-34-61-55)60(32-18-11-19-33-60)41-21-12-10-13-22-41;/h10,12-17,20-31,34-37,40H,11,18-19,32-33H2,1-9H3;/q-3;. The van der Waals surface area contributed by atoms with E-state index in [1.54, 1.807) is 0 Å². The number of ether oxygens (including phenoxy) is 1. The maximum atomic E-state index is 6.93. The van der Waals surface area contributed by atoms with Gasteiger partial charge < -0.3 is 19.1 Å². The van der Waals surface area contributed by atoms with Crippen molar-refractivity contribution < 1.29 is 25.8 Å². The van der Waals surface area contributed by atoms with E-state index >= 15 is 0 Å². The third kappa shape index (κ3) is 8.16. The first-order valence-corrected chi connectivity index (χ1v) is 23.5. The molecule has 0 spiro atoms. The van der Waals surface area contributed by atoms with Gasteiger partial charge in [0.05, 0.1) is 0 Å². The molecule has 1 aliphatic carbocycles. The molecule has 3 heterocycles. The summed E-state index contributed by atoms with van der Waals surface area (Å²) >= 11 is 0. The van der Waals surface area contributed by atoms with E-state index in [1.165, 1.54) is 47.2 Å². The molecular weight excluding hydrogens is 988 g/mol. The topological polar surface area (TPSA) is 33.5 Å². The van der Waals surface area contributed by atoms with E-state index in [1.807, 2.05) is 12.3 Å². The summed E-state index contributed by atoms with van der Waals surface area (Å²) in [4.78, 5) is 9.75. The van der Waals surface area contributed by atoms with Crippen LogP contribution in [0.2, 0.25) is 0 Å². The second-order valence-corrected chi connectivity index (χ2v) is 21.4. The van der Waals surface area contributed by atoms with E-state index in [9.17, 15) is 0 Å². The molecule has 10 rings (SSSR count). The second-order valence-electron chi connectivity index (χ2n) is 21.4. The van der Waals surface area contributed by atoms with Crippen LogP contribution in [0.1, 0.15) is 122 Å². The van der Waals surface area contributed by atoms with Gasteiger partial charge >= 0.3 is 0 Å². The predicted molar refractivity (Wildman–Crippen MR) is 271 cm³/mol. The fourth-order valence-corrected chi connectivity index (χ4v) is 10.4. The minimum Gasteiger partial charge on any atom is -0.509 e. The summed E-state index contributed by atoms with van der Waals surface area (Å²) in [7, 11) is 0. The summed E-state index contributed by atoms with van der Waals surface area (Å²) < 4.78 is 9.20. The summed E-state index contributed by atoms with van der Waals surface area (Å²) in [6.45, 7) is 22.9.